The zero-order valence-corrected chi connectivity index (χ0v) is 9.45. The highest BCUT2D eigenvalue weighted by Crippen LogP contribution is 2.27. The summed E-state index contributed by atoms with van der Waals surface area (Å²) in [5, 5.41) is 21.3. The normalized spacial score (nSPS) is 16.6. The highest BCUT2D eigenvalue weighted by Gasteiger charge is 2.13. The van der Waals surface area contributed by atoms with E-state index < -0.39 is 6.10 Å². The van der Waals surface area contributed by atoms with Crippen LogP contribution < -0.4 is 5.32 Å². The van der Waals surface area contributed by atoms with Crippen molar-refractivity contribution in [1.82, 2.24) is 0 Å². The quantitative estimate of drug-likeness (QED) is 0.719. The largest absolute Gasteiger partial charge is 0.394 e. The van der Waals surface area contributed by atoms with Gasteiger partial charge in [-0.3, -0.25) is 0 Å². The fraction of sp³-hybridized carbons (Fsp3) is 0.538. The summed E-state index contributed by atoms with van der Waals surface area (Å²) in [6, 6.07) is 6.29. The van der Waals surface area contributed by atoms with Crippen LogP contribution >= 0.6 is 0 Å². The summed E-state index contributed by atoms with van der Waals surface area (Å²) in [5.41, 5.74) is 3.93. The van der Waals surface area contributed by atoms with Crippen LogP contribution in [0.2, 0.25) is 0 Å². The molecule has 0 saturated heterocycles. The van der Waals surface area contributed by atoms with Crippen molar-refractivity contribution in [1.29, 1.82) is 0 Å². The lowest BCUT2D eigenvalue weighted by Gasteiger charge is -2.20. The van der Waals surface area contributed by atoms with Crippen LogP contribution in [0.4, 0.5) is 5.69 Å². The molecule has 1 aromatic carbocycles. The molecule has 2 rings (SSSR count). The first-order valence-electron chi connectivity index (χ1n) is 5.95. The van der Waals surface area contributed by atoms with Gasteiger partial charge in [-0.05, 0) is 42.9 Å². The van der Waals surface area contributed by atoms with Crippen molar-refractivity contribution in [3.8, 4) is 0 Å². The number of fused-ring (bicyclic) bond motifs is 1. The summed E-state index contributed by atoms with van der Waals surface area (Å²) < 4.78 is 0. The predicted octanol–water partition coefficient (Wildman–Crippen LogP) is 1.33. The van der Waals surface area contributed by atoms with E-state index in [1.165, 1.54) is 24.0 Å². The van der Waals surface area contributed by atoms with Crippen LogP contribution in [0.3, 0.4) is 0 Å². The van der Waals surface area contributed by atoms with E-state index in [9.17, 15) is 5.11 Å². The van der Waals surface area contributed by atoms with E-state index in [0.717, 1.165) is 18.5 Å². The minimum absolute atomic E-state index is 0.192. The average molecular weight is 221 g/mol. The van der Waals surface area contributed by atoms with E-state index in [0.29, 0.717) is 6.54 Å². The first kappa shape index (κ1) is 11.4. The molecular formula is C13H19NO2. The molecule has 0 radical (unpaired) electrons. The summed E-state index contributed by atoms with van der Waals surface area (Å²) in [7, 11) is 0. The van der Waals surface area contributed by atoms with Crippen LogP contribution in [0, 0.1) is 0 Å². The van der Waals surface area contributed by atoms with Crippen molar-refractivity contribution in [3.63, 3.8) is 0 Å². The summed E-state index contributed by atoms with van der Waals surface area (Å²) in [6.07, 6.45) is 4.12. The lowest BCUT2D eigenvalue weighted by atomic mass is 9.90. The molecule has 0 spiro atoms. The maximum Gasteiger partial charge on any atom is 0.0942 e. The molecule has 88 valence electrons. The van der Waals surface area contributed by atoms with Crippen LogP contribution in [-0.2, 0) is 12.8 Å². The highest BCUT2D eigenvalue weighted by atomic mass is 16.3. The number of aryl methyl sites for hydroxylation is 1. The second-order valence-electron chi connectivity index (χ2n) is 4.37. The van der Waals surface area contributed by atoms with Gasteiger partial charge >= 0.3 is 0 Å². The Morgan fingerprint density at radius 2 is 2.06 bits per heavy atom. The topological polar surface area (TPSA) is 52.5 Å². The molecule has 0 amide bonds. The van der Waals surface area contributed by atoms with Gasteiger partial charge in [-0.15, -0.1) is 0 Å². The van der Waals surface area contributed by atoms with E-state index in [1.54, 1.807) is 0 Å². The Morgan fingerprint density at radius 1 is 1.25 bits per heavy atom. The van der Waals surface area contributed by atoms with Gasteiger partial charge in [0.05, 0.1) is 12.7 Å². The van der Waals surface area contributed by atoms with Crippen molar-refractivity contribution in [3.05, 3.63) is 29.3 Å². The van der Waals surface area contributed by atoms with Crippen LogP contribution in [0.25, 0.3) is 0 Å². The molecule has 3 nitrogen and oxygen atoms in total. The maximum absolute atomic E-state index is 9.31. The summed E-state index contributed by atoms with van der Waals surface area (Å²) in [6.45, 7) is 0.217. The third-order valence-electron chi connectivity index (χ3n) is 3.13. The van der Waals surface area contributed by atoms with Crippen molar-refractivity contribution >= 4 is 5.69 Å². The SMILES string of the molecule is OC[C@@H](O)CNc1cccc2c1CCCC2. The Labute approximate surface area is 96.1 Å². The van der Waals surface area contributed by atoms with Gasteiger partial charge in [0.1, 0.15) is 0 Å². The molecular weight excluding hydrogens is 202 g/mol. The minimum atomic E-state index is -0.681. The van der Waals surface area contributed by atoms with Crippen molar-refractivity contribution in [2.24, 2.45) is 0 Å². The van der Waals surface area contributed by atoms with Crippen LogP contribution in [0.1, 0.15) is 24.0 Å². The van der Waals surface area contributed by atoms with Crippen LogP contribution in [0.5, 0.6) is 0 Å². The second kappa shape index (κ2) is 5.32. The molecule has 0 unspecified atom stereocenters. The van der Waals surface area contributed by atoms with Gasteiger partial charge < -0.3 is 15.5 Å². The number of rotatable bonds is 4. The molecule has 0 heterocycles. The fourth-order valence-electron chi connectivity index (χ4n) is 2.24. The number of nitrogens with one attached hydrogen (secondary N) is 1. The Hall–Kier alpha value is -1.06. The predicted molar refractivity (Wildman–Crippen MR) is 64.7 cm³/mol. The van der Waals surface area contributed by atoms with Gasteiger partial charge in [-0.2, -0.15) is 0 Å². The average Bonchev–Trinajstić information content (AvgIpc) is 2.35. The zero-order valence-electron chi connectivity index (χ0n) is 9.45. The molecule has 1 aromatic rings. The van der Waals surface area contributed by atoms with E-state index in [2.05, 4.69) is 17.4 Å². The molecule has 0 bridgehead atoms. The lowest BCUT2D eigenvalue weighted by Crippen LogP contribution is -2.23. The standard InChI is InChI=1S/C13H19NO2/c15-9-11(16)8-14-13-7-3-5-10-4-1-2-6-12(10)13/h3,5,7,11,14-16H,1-2,4,6,8-9H2/t11-/m0/s1. The summed E-state index contributed by atoms with van der Waals surface area (Å²) >= 11 is 0. The van der Waals surface area contributed by atoms with Gasteiger partial charge in [0.15, 0.2) is 0 Å². The zero-order chi connectivity index (χ0) is 11.4. The molecule has 1 aliphatic carbocycles. The molecule has 0 saturated carbocycles. The minimum Gasteiger partial charge on any atom is -0.394 e. The molecule has 0 aromatic heterocycles. The molecule has 16 heavy (non-hydrogen) atoms. The van der Waals surface area contributed by atoms with Gasteiger partial charge in [0.2, 0.25) is 0 Å². The number of aliphatic hydroxyl groups is 2. The van der Waals surface area contributed by atoms with Gasteiger partial charge in [0.25, 0.3) is 0 Å². The fourth-order valence-corrected chi connectivity index (χ4v) is 2.24. The number of aliphatic hydroxyl groups excluding tert-OH is 2. The monoisotopic (exact) mass is 221 g/mol. The van der Waals surface area contributed by atoms with Crippen molar-refractivity contribution in [2.75, 3.05) is 18.5 Å². The molecule has 3 N–H and O–H groups in total. The third kappa shape index (κ3) is 2.54. The van der Waals surface area contributed by atoms with Crippen LogP contribution in [0.15, 0.2) is 18.2 Å². The number of hydrogen-bond acceptors (Lipinski definition) is 3. The number of benzene rings is 1. The Balaban J connectivity index is 2.08. The van der Waals surface area contributed by atoms with Crippen molar-refractivity contribution in [2.45, 2.75) is 31.8 Å². The molecule has 1 aliphatic rings. The van der Waals surface area contributed by atoms with E-state index in [-0.39, 0.29) is 6.61 Å². The third-order valence-corrected chi connectivity index (χ3v) is 3.13. The van der Waals surface area contributed by atoms with Gasteiger partial charge in [-0.25, -0.2) is 0 Å². The smallest absolute Gasteiger partial charge is 0.0942 e. The second-order valence-corrected chi connectivity index (χ2v) is 4.37. The Morgan fingerprint density at radius 3 is 2.88 bits per heavy atom. The van der Waals surface area contributed by atoms with Crippen molar-refractivity contribution < 1.29 is 10.2 Å². The highest BCUT2D eigenvalue weighted by molar-refractivity contribution is 5.55. The Kier molecular flexibility index (Phi) is 3.80. The van der Waals surface area contributed by atoms with Crippen LogP contribution in [-0.4, -0.2) is 29.5 Å². The van der Waals surface area contributed by atoms with Gasteiger partial charge in [0, 0.05) is 12.2 Å². The first-order chi connectivity index (χ1) is 7.81. The number of anilines is 1. The Bertz CT molecular complexity index is 352. The summed E-state index contributed by atoms with van der Waals surface area (Å²) in [5.74, 6) is 0. The molecule has 0 aliphatic heterocycles. The lowest BCUT2D eigenvalue weighted by molar-refractivity contribution is 0.105. The van der Waals surface area contributed by atoms with Gasteiger partial charge in [-0.1, -0.05) is 12.1 Å². The van der Waals surface area contributed by atoms with E-state index in [1.807, 2.05) is 6.07 Å². The maximum atomic E-state index is 9.31. The molecule has 0 fully saturated rings. The molecule has 3 heteroatoms. The first-order valence-corrected chi connectivity index (χ1v) is 5.95. The summed E-state index contributed by atoms with van der Waals surface area (Å²) in [4.78, 5) is 0. The van der Waals surface area contributed by atoms with E-state index >= 15 is 0 Å². The number of hydrogen-bond donors (Lipinski definition) is 3. The van der Waals surface area contributed by atoms with E-state index in [4.69, 9.17) is 5.11 Å². The molecule has 1 atom stereocenters.